The van der Waals surface area contributed by atoms with Gasteiger partial charge in [-0.25, -0.2) is 13.1 Å². The molecule has 1 aliphatic carbocycles. The van der Waals surface area contributed by atoms with Crippen molar-refractivity contribution in [3.63, 3.8) is 0 Å². The quantitative estimate of drug-likeness (QED) is 0.720. The molecule has 0 unspecified atom stereocenters. The van der Waals surface area contributed by atoms with Crippen molar-refractivity contribution in [1.82, 2.24) is 14.9 Å². The Bertz CT molecular complexity index is 565. The van der Waals surface area contributed by atoms with Crippen molar-refractivity contribution in [2.24, 2.45) is 0 Å². The Balaban J connectivity index is 1.92. The average Bonchev–Trinajstić information content (AvgIpc) is 3.20. The first kappa shape index (κ1) is 16.9. The molecule has 0 atom stereocenters. The number of hydrogen-bond acceptors (Lipinski definition) is 5. The fourth-order valence-corrected chi connectivity index (χ4v) is 4.88. The lowest BCUT2D eigenvalue weighted by atomic mass is 10.4. The molecule has 0 spiro atoms. The van der Waals surface area contributed by atoms with Gasteiger partial charge < -0.3 is 10.2 Å². The Kier molecular flexibility index (Phi) is 5.79. The fraction of sp³-hybridized carbons (Fsp3) is 0.714. The third-order valence-electron chi connectivity index (χ3n) is 3.69. The number of nitrogens with one attached hydrogen (secondary N) is 2. The Morgan fingerprint density at radius 1 is 1.43 bits per heavy atom. The summed E-state index contributed by atoms with van der Waals surface area (Å²) in [4.78, 5) is 4.56. The zero-order chi connectivity index (χ0) is 15.5. The van der Waals surface area contributed by atoms with Gasteiger partial charge in [0.1, 0.15) is 0 Å². The Labute approximate surface area is 131 Å². The standard InChI is InChI=1S/C14H25N3O2S2/c1-4-15-10-13-9-14(11(2)20-13)21(18,19)16-7-8-17(3)12-5-6-12/h9,12,15-16H,4-8,10H2,1-3H3. The molecule has 21 heavy (non-hydrogen) atoms. The van der Waals surface area contributed by atoms with E-state index in [0.29, 0.717) is 17.5 Å². The van der Waals surface area contributed by atoms with Gasteiger partial charge in [-0.2, -0.15) is 0 Å². The molecule has 0 aliphatic heterocycles. The number of aryl methyl sites for hydroxylation is 1. The van der Waals surface area contributed by atoms with Gasteiger partial charge in [0.15, 0.2) is 0 Å². The van der Waals surface area contributed by atoms with Crippen LogP contribution >= 0.6 is 11.3 Å². The van der Waals surface area contributed by atoms with Gasteiger partial charge in [-0.05, 0) is 39.4 Å². The van der Waals surface area contributed by atoms with Gasteiger partial charge in [0.05, 0.1) is 4.90 Å². The molecule has 120 valence electrons. The highest BCUT2D eigenvalue weighted by Crippen LogP contribution is 2.26. The Morgan fingerprint density at radius 2 is 2.14 bits per heavy atom. The van der Waals surface area contributed by atoms with Crippen LogP contribution in [-0.4, -0.2) is 46.0 Å². The first-order valence-corrected chi connectivity index (χ1v) is 9.74. The van der Waals surface area contributed by atoms with Crippen molar-refractivity contribution in [2.45, 2.75) is 44.2 Å². The number of sulfonamides is 1. The maximum absolute atomic E-state index is 12.4. The molecule has 0 radical (unpaired) electrons. The van der Waals surface area contributed by atoms with Crippen LogP contribution in [0.25, 0.3) is 0 Å². The minimum absolute atomic E-state index is 0.425. The van der Waals surface area contributed by atoms with Gasteiger partial charge in [-0.1, -0.05) is 6.92 Å². The predicted molar refractivity (Wildman–Crippen MR) is 87.3 cm³/mol. The van der Waals surface area contributed by atoms with Crippen molar-refractivity contribution < 1.29 is 8.42 Å². The fourth-order valence-electron chi connectivity index (χ4n) is 2.26. The van der Waals surface area contributed by atoms with Crippen molar-refractivity contribution in [3.05, 3.63) is 15.8 Å². The monoisotopic (exact) mass is 331 g/mol. The molecule has 5 nitrogen and oxygen atoms in total. The Morgan fingerprint density at radius 3 is 2.76 bits per heavy atom. The molecule has 7 heteroatoms. The molecular formula is C14H25N3O2S2. The molecule has 0 aromatic carbocycles. The molecule has 2 N–H and O–H groups in total. The van der Waals surface area contributed by atoms with Gasteiger partial charge in [-0.15, -0.1) is 11.3 Å². The van der Waals surface area contributed by atoms with E-state index in [4.69, 9.17) is 0 Å². The third-order valence-corrected chi connectivity index (χ3v) is 6.46. The van der Waals surface area contributed by atoms with Crippen LogP contribution in [0.15, 0.2) is 11.0 Å². The zero-order valence-electron chi connectivity index (χ0n) is 13.0. The summed E-state index contributed by atoms with van der Waals surface area (Å²) in [6.45, 7) is 6.73. The number of thiophene rings is 1. The highest BCUT2D eigenvalue weighted by atomic mass is 32.2. The van der Waals surface area contributed by atoms with Crippen LogP contribution < -0.4 is 10.0 Å². The molecule has 1 fully saturated rings. The van der Waals surface area contributed by atoms with Crippen LogP contribution in [0.4, 0.5) is 0 Å². The molecule has 1 aromatic heterocycles. The van der Waals surface area contributed by atoms with Crippen LogP contribution in [0.3, 0.4) is 0 Å². The van der Waals surface area contributed by atoms with Crippen LogP contribution in [0.5, 0.6) is 0 Å². The maximum atomic E-state index is 12.4. The SMILES string of the molecule is CCNCc1cc(S(=O)(=O)NCCN(C)C2CC2)c(C)s1. The summed E-state index contributed by atoms with van der Waals surface area (Å²) in [5.41, 5.74) is 0. The predicted octanol–water partition coefficient (Wildman–Crippen LogP) is 1.54. The molecule has 0 amide bonds. The number of likely N-dealkylation sites (N-methyl/N-ethyl adjacent to an activating group) is 1. The highest BCUT2D eigenvalue weighted by molar-refractivity contribution is 7.89. The molecule has 0 bridgehead atoms. The van der Waals surface area contributed by atoms with E-state index in [0.717, 1.165) is 29.4 Å². The van der Waals surface area contributed by atoms with E-state index >= 15 is 0 Å². The van der Waals surface area contributed by atoms with Crippen LogP contribution in [0.1, 0.15) is 29.5 Å². The van der Waals surface area contributed by atoms with Crippen LogP contribution in [0, 0.1) is 6.92 Å². The van der Waals surface area contributed by atoms with E-state index in [2.05, 4.69) is 22.0 Å². The first-order valence-electron chi connectivity index (χ1n) is 7.44. The summed E-state index contributed by atoms with van der Waals surface area (Å²) < 4.78 is 27.4. The van der Waals surface area contributed by atoms with Crippen molar-refractivity contribution in [1.29, 1.82) is 0 Å². The largest absolute Gasteiger partial charge is 0.312 e. The summed E-state index contributed by atoms with van der Waals surface area (Å²) in [6, 6.07) is 2.44. The molecule has 1 heterocycles. The average molecular weight is 332 g/mol. The summed E-state index contributed by atoms with van der Waals surface area (Å²) in [5.74, 6) is 0. The molecule has 1 aromatic rings. The molecule has 2 rings (SSSR count). The molecule has 1 aliphatic rings. The normalized spacial score (nSPS) is 15.8. The Hall–Kier alpha value is -0.470. The minimum atomic E-state index is -3.39. The molecule has 0 saturated heterocycles. The lowest BCUT2D eigenvalue weighted by Crippen LogP contribution is -2.34. The number of rotatable bonds is 9. The summed E-state index contributed by atoms with van der Waals surface area (Å²) in [7, 11) is -1.34. The zero-order valence-corrected chi connectivity index (χ0v) is 14.6. The lowest BCUT2D eigenvalue weighted by Gasteiger charge is -2.15. The minimum Gasteiger partial charge on any atom is -0.312 e. The lowest BCUT2D eigenvalue weighted by molar-refractivity contribution is 0.329. The van der Waals surface area contributed by atoms with Crippen LogP contribution in [-0.2, 0) is 16.6 Å². The van der Waals surface area contributed by atoms with E-state index in [1.165, 1.54) is 12.8 Å². The van der Waals surface area contributed by atoms with Crippen molar-refractivity contribution in [3.8, 4) is 0 Å². The number of nitrogens with zero attached hydrogens (tertiary/aromatic N) is 1. The summed E-state index contributed by atoms with van der Waals surface area (Å²) in [5, 5.41) is 3.22. The van der Waals surface area contributed by atoms with E-state index in [9.17, 15) is 8.42 Å². The van der Waals surface area contributed by atoms with Gasteiger partial charge in [0.25, 0.3) is 0 Å². The second-order valence-electron chi connectivity index (χ2n) is 5.52. The van der Waals surface area contributed by atoms with Gasteiger partial charge >= 0.3 is 0 Å². The highest BCUT2D eigenvalue weighted by Gasteiger charge is 2.26. The molecule has 1 saturated carbocycles. The van der Waals surface area contributed by atoms with Gasteiger partial charge in [-0.3, -0.25) is 0 Å². The topological polar surface area (TPSA) is 61.4 Å². The smallest absolute Gasteiger partial charge is 0.241 e. The second-order valence-corrected chi connectivity index (χ2v) is 8.60. The van der Waals surface area contributed by atoms with E-state index in [1.54, 1.807) is 17.4 Å². The summed E-state index contributed by atoms with van der Waals surface area (Å²) in [6.07, 6.45) is 2.47. The van der Waals surface area contributed by atoms with E-state index < -0.39 is 10.0 Å². The first-order chi connectivity index (χ1) is 9.94. The maximum Gasteiger partial charge on any atom is 0.241 e. The number of hydrogen-bond donors (Lipinski definition) is 2. The summed E-state index contributed by atoms with van der Waals surface area (Å²) >= 11 is 1.54. The molecular weight excluding hydrogens is 306 g/mol. The van der Waals surface area contributed by atoms with Gasteiger partial charge in [0.2, 0.25) is 10.0 Å². The van der Waals surface area contributed by atoms with Gasteiger partial charge in [0, 0.05) is 35.4 Å². The second kappa shape index (κ2) is 7.19. The van der Waals surface area contributed by atoms with E-state index in [1.807, 2.05) is 13.8 Å². The van der Waals surface area contributed by atoms with E-state index in [-0.39, 0.29) is 0 Å². The van der Waals surface area contributed by atoms with Crippen molar-refractivity contribution in [2.75, 3.05) is 26.7 Å². The van der Waals surface area contributed by atoms with Crippen molar-refractivity contribution >= 4 is 21.4 Å². The van der Waals surface area contributed by atoms with Crippen LogP contribution in [0.2, 0.25) is 0 Å². The third kappa shape index (κ3) is 4.75.